The van der Waals surface area contributed by atoms with Gasteiger partial charge in [0, 0.05) is 16.5 Å². The van der Waals surface area contributed by atoms with Crippen molar-refractivity contribution in [3.63, 3.8) is 0 Å². The van der Waals surface area contributed by atoms with Crippen molar-refractivity contribution in [2.45, 2.75) is 13.2 Å². The SMILES string of the molecule is CC1=C(C(=O)O)[N+]2(O)N=CN(CS)C2N=C1. The first kappa shape index (κ1) is 11.1. The predicted octanol–water partition coefficient (Wildman–Crippen LogP) is 0.0652. The van der Waals surface area contributed by atoms with Crippen LogP contribution in [0.1, 0.15) is 6.92 Å². The molecule has 0 amide bonds. The summed E-state index contributed by atoms with van der Waals surface area (Å²) in [6, 6.07) is 0. The molecule has 8 heteroatoms. The maximum Gasteiger partial charge on any atom is 0.396 e. The van der Waals surface area contributed by atoms with Crippen LogP contribution < -0.4 is 0 Å². The number of hydrogen-bond donors (Lipinski definition) is 3. The Labute approximate surface area is 96.9 Å². The number of nitrogens with zero attached hydrogens (tertiary/aromatic N) is 4. The number of rotatable bonds is 2. The van der Waals surface area contributed by atoms with Crippen molar-refractivity contribution in [1.82, 2.24) is 4.90 Å². The van der Waals surface area contributed by atoms with Gasteiger partial charge in [0.25, 0.3) is 5.70 Å². The standard InChI is InChI=1S/C8H10N4O3S/c1-5-2-9-8-11(4-16)3-10-12(8,15)6(5)7(13)14/h2-3,8,15H,4H2,1H3,(H-,13,14,16)/p+1. The van der Waals surface area contributed by atoms with E-state index in [1.807, 2.05) is 0 Å². The van der Waals surface area contributed by atoms with Crippen LogP contribution in [-0.4, -0.2) is 50.7 Å². The van der Waals surface area contributed by atoms with E-state index in [2.05, 4.69) is 22.7 Å². The van der Waals surface area contributed by atoms with Crippen molar-refractivity contribution in [2.24, 2.45) is 10.1 Å². The molecule has 0 bridgehead atoms. The molecular formula is C8H11N4O3S+. The molecule has 0 aromatic rings. The molecule has 7 nitrogen and oxygen atoms in total. The molecule has 0 spiro atoms. The summed E-state index contributed by atoms with van der Waals surface area (Å²) in [5, 5.41) is 23.1. The first-order valence-electron chi connectivity index (χ1n) is 4.52. The Bertz CT molecular complexity index is 433. The Hall–Kier alpha value is -1.38. The normalized spacial score (nSPS) is 32.2. The second kappa shape index (κ2) is 3.58. The molecule has 2 unspecified atom stereocenters. The molecule has 0 aromatic heterocycles. The number of thiol groups is 1. The van der Waals surface area contributed by atoms with Crippen LogP contribution in [-0.2, 0) is 4.79 Å². The van der Waals surface area contributed by atoms with Gasteiger partial charge in [-0.05, 0) is 12.0 Å². The minimum absolute atomic E-state index is 0.194. The number of carboxylic acid groups (broad SMARTS) is 1. The molecule has 2 aliphatic rings. The molecule has 2 heterocycles. The van der Waals surface area contributed by atoms with Crippen LogP contribution in [0, 0.1) is 0 Å². The Morgan fingerprint density at radius 3 is 3.00 bits per heavy atom. The highest BCUT2D eigenvalue weighted by Gasteiger charge is 2.54. The third kappa shape index (κ3) is 1.34. The molecule has 16 heavy (non-hydrogen) atoms. The first-order chi connectivity index (χ1) is 7.50. The van der Waals surface area contributed by atoms with Crippen LogP contribution in [0.5, 0.6) is 0 Å². The van der Waals surface area contributed by atoms with Crippen LogP contribution in [0.25, 0.3) is 0 Å². The van der Waals surface area contributed by atoms with Gasteiger partial charge in [0.05, 0.1) is 5.88 Å². The molecular weight excluding hydrogens is 232 g/mol. The Kier molecular flexibility index (Phi) is 2.49. The van der Waals surface area contributed by atoms with Gasteiger partial charge >= 0.3 is 12.3 Å². The summed E-state index contributed by atoms with van der Waals surface area (Å²) in [6.45, 7) is 1.57. The van der Waals surface area contributed by atoms with E-state index in [0.717, 1.165) is 0 Å². The van der Waals surface area contributed by atoms with Crippen molar-refractivity contribution in [1.29, 1.82) is 0 Å². The van der Waals surface area contributed by atoms with Crippen molar-refractivity contribution in [3.8, 4) is 0 Å². The van der Waals surface area contributed by atoms with Crippen molar-refractivity contribution in [3.05, 3.63) is 11.3 Å². The lowest BCUT2D eigenvalue weighted by Crippen LogP contribution is -2.53. The number of aliphatic imine (C=N–C) groups is 1. The Morgan fingerprint density at radius 1 is 1.75 bits per heavy atom. The summed E-state index contributed by atoms with van der Waals surface area (Å²) in [5.74, 6) is -0.924. The van der Waals surface area contributed by atoms with Crippen LogP contribution in [0.2, 0.25) is 0 Å². The molecule has 2 rings (SSSR count). The van der Waals surface area contributed by atoms with Gasteiger partial charge in [-0.2, -0.15) is 17.8 Å². The quantitative estimate of drug-likeness (QED) is 0.473. The number of allylic oxidation sites excluding steroid dienone is 1. The molecule has 2 aliphatic heterocycles. The Balaban J connectivity index is 2.50. The molecule has 0 radical (unpaired) electrons. The second-order valence-corrected chi connectivity index (χ2v) is 3.78. The first-order valence-corrected chi connectivity index (χ1v) is 5.15. The topological polar surface area (TPSA) is 85.5 Å². The van der Waals surface area contributed by atoms with Gasteiger partial charge in [-0.1, -0.05) is 0 Å². The fraction of sp³-hybridized carbons (Fsp3) is 0.375. The number of aliphatic carboxylic acids is 1. The summed E-state index contributed by atoms with van der Waals surface area (Å²) < 4.78 is -1.07. The van der Waals surface area contributed by atoms with E-state index in [1.165, 1.54) is 17.5 Å². The van der Waals surface area contributed by atoms with Crippen LogP contribution in [0.15, 0.2) is 21.4 Å². The average molecular weight is 243 g/mol. The molecule has 2 N–H and O–H groups in total. The van der Waals surface area contributed by atoms with Crippen molar-refractivity contribution >= 4 is 31.2 Å². The summed E-state index contributed by atoms with van der Waals surface area (Å²) in [6.07, 6.45) is 1.97. The highest BCUT2D eigenvalue weighted by Crippen LogP contribution is 2.32. The third-order valence-electron chi connectivity index (χ3n) is 2.46. The summed E-state index contributed by atoms with van der Waals surface area (Å²) in [4.78, 5) is 16.7. The number of fused-ring (bicyclic) bond motifs is 1. The third-order valence-corrected chi connectivity index (χ3v) is 2.79. The number of carboxylic acids is 1. The monoisotopic (exact) mass is 243 g/mol. The summed E-state index contributed by atoms with van der Waals surface area (Å²) in [7, 11) is 0. The van der Waals surface area contributed by atoms with Gasteiger partial charge < -0.3 is 5.11 Å². The van der Waals surface area contributed by atoms with E-state index in [-0.39, 0.29) is 11.6 Å². The lowest BCUT2D eigenvalue weighted by atomic mass is 10.2. The van der Waals surface area contributed by atoms with Crippen molar-refractivity contribution in [2.75, 3.05) is 5.88 Å². The number of hydrogen-bond acceptors (Lipinski definition) is 6. The highest BCUT2D eigenvalue weighted by atomic mass is 32.1. The minimum atomic E-state index is -1.21. The Morgan fingerprint density at radius 2 is 2.44 bits per heavy atom. The van der Waals surface area contributed by atoms with E-state index < -0.39 is 17.0 Å². The molecule has 0 saturated carbocycles. The van der Waals surface area contributed by atoms with Gasteiger partial charge in [0.2, 0.25) is 0 Å². The minimum Gasteiger partial charge on any atom is -0.474 e. The van der Waals surface area contributed by atoms with E-state index in [4.69, 9.17) is 5.11 Å². The van der Waals surface area contributed by atoms with Gasteiger partial charge in [-0.3, -0.25) is 4.90 Å². The predicted molar refractivity (Wildman–Crippen MR) is 58.8 cm³/mol. The number of hydroxylamine groups is 2. The molecule has 0 fully saturated rings. The summed E-state index contributed by atoms with van der Waals surface area (Å²) >= 11 is 4.05. The smallest absolute Gasteiger partial charge is 0.396 e. The maximum absolute atomic E-state index is 11.1. The van der Waals surface area contributed by atoms with Crippen molar-refractivity contribution < 1.29 is 19.9 Å². The molecule has 86 valence electrons. The molecule has 0 aromatic carbocycles. The second-order valence-electron chi connectivity index (χ2n) is 3.50. The van der Waals surface area contributed by atoms with Gasteiger partial charge in [0.15, 0.2) is 6.34 Å². The van der Waals surface area contributed by atoms with Gasteiger partial charge in [-0.25, -0.2) is 9.79 Å². The van der Waals surface area contributed by atoms with E-state index in [1.54, 1.807) is 6.92 Å². The largest absolute Gasteiger partial charge is 0.474 e. The number of carbonyl (C=O) groups is 1. The zero-order chi connectivity index (χ0) is 11.9. The lowest BCUT2D eigenvalue weighted by molar-refractivity contribution is -1.09. The fourth-order valence-electron chi connectivity index (χ4n) is 1.74. The highest BCUT2D eigenvalue weighted by molar-refractivity contribution is 7.80. The van der Waals surface area contributed by atoms with Gasteiger partial charge in [-0.15, -0.1) is 0 Å². The van der Waals surface area contributed by atoms with E-state index in [0.29, 0.717) is 5.57 Å². The van der Waals surface area contributed by atoms with Gasteiger partial charge in [0.1, 0.15) is 0 Å². The lowest BCUT2D eigenvalue weighted by Gasteiger charge is -2.29. The fourth-order valence-corrected chi connectivity index (χ4v) is 1.96. The van der Waals surface area contributed by atoms with Crippen LogP contribution in [0.3, 0.4) is 0 Å². The average Bonchev–Trinajstić information content (AvgIpc) is 2.53. The van der Waals surface area contributed by atoms with E-state index >= 15 is 0 Å². The molecule has 0 saturated heterocycles. The maximum atomic E-state index is 11.1. The molecule has 0 aliphatic carbocycles. The number of quaternary nitrogens is 1. The summed E-state index contributed by atoms with van der Waals surface area (Å²) in [5.41, 5.74) is 0.185. The zero-order valence-electron chi connectivity index (χ0n) is 8.48. The van der Waals surface area contributed by atoms with Crippen LogP contribution in [0.4, 0.5) is 0 Å². The zero-order valence-corrected chi connectivity index (χ0v) is 9.37. The molecule has 2 atom stereocenters. The van der Waals surface area contributed by atoms with E-state index in [9.17, 15) is 10.0 Å². The van der Waals surface area contributed by atoms with Crippen LogP contribution >= 0.6 is 12.6 Å².